The van der Waals surface area contributed by atoms with Crippen LogP contribution in [0.1, 0.15) is 33.4 Å². The number of anilines is 6. The molecule has 0 fully saturated rings. The van der Waals surface area contributed by atoms with Crippen molar-refractivity contribution in [2.24, 2.45) is 0 Å². The van der Waals surface area contributed by atoms with Crippen LogP contribution >= 0.6 is 0 Å². The van der Waals surface area contributed by atoms with E-state index >= 15 is 0 Å². The van der Waals surface area contributed by atoms with E-state index in [4.69, 9.17) is 9.97 Å². The summed E-state index contributed by atoms with van der Waals surface area (Å²) >= 11 is 0. The van der Waals surface area contributed by atoms with Crippen molar-refractivity contribution in [3.63, 3.8) is 0 Å². The Labute approximate surface area is 284 Å². The summed E-state index contributed by atoms with van der Waals surface area (Å²) in [4.78, 5) is 14.4. The minimum Gasteiger partial charge on any atom is -0.309 e. The van der Waals surface area contributed by atoms with E-state index in [9.17, 15) is 0 Å². The fraction of sp³-hybridized carbons (Fsp3) is 0.136. The van der Waals surface area contributed by atoms with Gasteiger partial charge in [0, 0.05) is 22.6 Å². The van der Waals surface area contributed by atoms with Gasteiger partial charge in [0.05, 0.1) is 29.5 Å². The van der Waals surface area contributed by atoms with E-state index in [2.05, 4.69) is 154 Å². The van der Waals surface area contributed by atoms with Crippen LogP contribution in [0.2, 0.25) is 0 Å². The molecule has 0 N–H and O–H groups in total. The summed E-state index contributed by atoms with van der Waals surface area (Å²) in [5.41, 5.74) is 15.0. The number of nitrogens with zero attached hydrogens (tertiary/aromatic N) is 4. The van der Waals surface area contributed by atoms with E-state index in [-0.39, 0.29) is 0 Å². The van der Waals surface area contributed by atoms with Crippen molar-refractivity contribution >= 4 is 45.0 Å². The first-order valence-electron chi connectivity index (χ1n) is 16.5. The van der Waals surface area contributed by atoms with E-state index in [0.29, 0.717) is 0 Å². The topological polar surface area (TPSA) is 32.3 Å². The minimum absolute atomic E-state index is 0.755. The quantitative estimate of drug-likeness (QED) is 0.177. The second-order valence-corrected chi connectivity index (χ2v) is 12.8. The minimum atomic E-state index is 0.755. The van der Waals surface area contributed by atoms with Crippen LogP contribution < -0.4 is 9.80 Å². The summed E-state index contributed by atoms with van der Waals surface area (Å²) in [7, 11) is 0. The predicted molar refractivity (Wildman–Crippen MR) is 203 cm³/mol. The Balaban J connectivity index is 1.37. The number of fused-ring (bicyclic) bond motifs is 1. The molecule has 0 aliphatic heterocycles. The summed E-state index contributed by atoms with van der Waals surface area (Å²) in [6.07, 6.45) is 3.73. The molecule has 7 aromatic rings. The Hall–Kier alpha value is -5.74. The summed E-state index contributed by atoms with van der Waals surface area (Å²) in [6, 6.07) is 43.2. The van der Waals surface area contributed by atoms with Gasteiger partial charge in [-0.3, -0.25) is 9.88 Å². The lowest BCUT2D eigenvalue weighted by Crippen LogP contribution is -2.16. The van der Waals surface area contributed by atoms with Crippen molar-refractivity contribution < 1.29 is 0 Å². The Morgan fingerprint density at radius 1 is 0.417 bits per heavy atom. The maximum Gasteiger partial charge on any atom is 0.156 e. The van der Waals surface area contributed by atoms with Crippen molar-refractivity contribution in [2.75, 3.05) is 9.80 Å². The molecule has 236 valence electrons. The number of aryl methyl sites for hydroxylation is 6. The molecule has 0 saturated carbocycles. The van der Waals surface area contributed by atoms with Gasteiger partial charge in [-0.15, -0.1) is 0 Å². The molecule has 0 aliphatic rings. The molecule has 6 aromatic carbocycles. The molecular formula is C44H40N4. The molecular weight excluding hydrogens is 585 g/mol. The second-order valence-electron chi connectivity index (χ2n) is 12.8. The monoisotopic (exact) mass is 624 g/mol. The van der Waals surface area contributed by atoms with Gasteiger partial charge < -0.3 is 4.90 Å². The molecule has 48 heavy (non-hydrogen) atoms. The number of hydrogen-bond acceptors (Lipinski definition) is 4. The Morgan fingerprint density at radius 2 is 0.917 bits per heavy atom. The first kappa shape index (κ1) is 30.9. The lowest BCUT2D eigenvalue weighted by Gasteiger charge is -2.32. The van der Waals surface area contributed by atoms with Gasteiger partial charge >= 0.3 is 0 Å². The van der Waals surface area contributed by atoms with Gasteiger partial charge in [0.15, 0.2) is 5.82 Å². The zero-order chi connectivity index (χ0) is 33.4. The first-order chi connectivity index (χ1) is 23.3. The van der Waals surface area contributed by atoms with Gasteiger partial charge in [-0.25, -0.2) is 4.98 Å². The van der Waals surface area contributed by atoms with Gasteiger partial charge in [-0.05, 0) is 111 Å². The Bertz CT molecular complexity index is 2130. The number of rotatable bonds is 7. The average molecular weight is 625 g/mol. The molecule has 0 bridgehead atoms. The largest absolute Gasteiger partial charge is 0.309 e. The van der Waals surface area contributed by atoms with Gasteiger partial charge in [-0.2, -0.15) is 0 Å². The molecule has 0 spiro atoms. The fourth-order valence-electron chi connectivity index (χ4n) is 7.10. The van der Waals surface area contributed by atoms with Crippen LogP contribution in [0.25, 0.3) is 22.0 Å². The van der Waals surface area contributed by atoms with Crippen LogP contribution in [-0.4, -0.2) is 9.97 Å². The van der Waals surface area contributed by atoms with E-state index in [1.165, 1.54) is 55.5 Å². The maximum absolute atomic E-state index is 4.96. The zero-order valence-electron chi connectivity index (χ0n) is 28.5. The second kappa shape index (κ2) is 12.8. The molecule has 4 heteroatoms. The highest BCUT2D eigenvalue weighted by molar-refractivity contribution is 5.90. The van der Waals surface area contributed by atoms with Crippen LogP contribution in [0, 0.1) is 41.5 Å². The SMILES string of the molecule is Cc1cc(C)c(N(c2ccc(N(c3ccc4ccccc4c3)c3cnc(-c4ccccc4)cn3)cc2)c2c(C)cc(C)cc2C)c(C)c1. The maximum atomic E-state index is 4.96. The number of aromatic nitrogens is 2. The number of benzene rings is 6. The van der Waals surface area contributed by atoms with Crippen LogP contribution in [0.4, 0.5) is 34.3 Å². The molecule has 0 aliphatic carbocycles. The van der Waals surface area contributed by atoms with E-state index in [1.54, 1.807) is 0 Å². The van der Waals surface area contributed by atoms with E-state index < -0.39 is 0 Å². The third-order valence-electron chi connectivity index (χ3n) is 9.01. The van der Waals surface area contributed by atoms with Crippen LogP contribution in [-0.2, 0) is 0 Å². The van der Waals surface area contributed by atoms with Crippen LogP contribution in [0.5, 0.6) is 0 Å². The van der Waals surface area contributed by atoms with Gasteiger partial charge in [-0.1, -0.05) is 96.1 Å². The molecule has 7 rings (SSSR count). The van der Waals surface area contributed by atoms with Crippen LogP contribution in [0.15, 0.2) is 134 Å². The Morgan fingerprint density at radius 3 is 1.46 bits per heavy atom. The number of hydrogen-bond donors (Lipinski definition) is 0. The summed E-state index contributed by atoms with van der Waals surface area (Å²) < 4.78 is 0. The molecule has 0 saturated heterocycles. The van der Waals surface area contributed by atoms with Crippen molar-refractivity contribution in [3.8, 4) is 11.3 Å². The zero-order valence-corrected chi connectivity index (χ0v) is 28.5. The third-order valence-corrected chi connectivity index (χ3v) is 9.01. The summed E-state index contributed by atoms with van der Waals surface area (Å²) in [5, 5.41) is 2.37. The third kappa shape index (κ3) is 5.93. The highest BCUT2D eigenvalue weighted by Gasteiger charge is 2.22. The van der Waals surface area contributed by atoms with Gasteiger partial charge in [0.25, 0.3) is 0 Å². The summed E-state index contributed by atoms with van der Waals surface area (Å²) in [6.45, 7) is 13.2. The molecule has 4 nitrogen and oxygen atoms in total. The fourth-order valence-corrected chi connectivity index (χ4v) is 7.10. The summed E-state index contributed by atoms with van der Waals surface area (Å²) in [5.74, 6) is 0.755. The lowest BCUT2D eigenvalue weighted by atomic mass is 9.98. The van der Waals surface area contributed by atoms with Crippen molar-refractivity contribution in [1.29, 1.82) is 0 Å². The Kier molecular flexibility index (Phi) is 8.24. The van der Waals surface area contributed by atoms with E-state index in [0.717, 1.165) is 34.1 Å². The van der Waals surface area contributed by atoms with Crippen LogP contribution in [0.3, 0.4) is 0 Å². The molecule has 1 heterocycles. The normalized spacial score (nSPS) is 11.1. The van der Waals surface area contributed by atoms with E-state index in [1.807, 2.05) is 30.6 Å². The molecule has 0 atom stereocenters. The highest BCUT2D eigenvalue weighted by Crippen LogP contribution is 2.44. The van der Waals surface area contributed by atoms with Crippen molar-refractivity contribution in [2.45, 2.75) is 41.5 Å². The van der Waals surface area contributed by atoms with Crippen molar-refractivity contribution in [3.05, 3.63) is 167 Å². The lowest BCUT2D eigenvalue weighted by molar-refractivity contribution is 1.13. The molecule has 0 radical (unpaired) electrons. The predicted octanol–water partition coefficient (Wildman–Crippen LogP) is 12.1. The standard InChI is InChI=1S/C44H40N4/c1-29-22-31(3)43(32(4)23-29)48(44-33(5)24-30(2)25-34(44)6)39-20-18-38(19-21-39)47(40-17-16-35-12-10-11-15-37(35)26-40)42-28-45-41(27-46-42)36-13-8-7-9-14-36/h7-28H,1-6H3. The molecule has 0 unspecified atom stereocenters. The smallest absolute Gasteiger partial charge is 0.156 e. The van der Waals surface area contributed by atoms with Crippen molar-refractivity contribution in [1.82, 2.24) is 9.97 Å². The highest BCUT2D eigenvalue weighted by atomic mass is 15.2. The average Bonchev–Trinajstić information content (AvgIpc) is 3.08. The van der Waals surface area contributed by atoms with Gasteiger partial charge in [0.2, 0.25) is 0 Å². The first-order valence-corrected chi connectivity index (χ1v) is 16.5. The molecule has 1 aromatic heterocycles. The molecule has 0 amide bonds. The van der Waals surface area contributed by atoms with Gasteiger partial charge in [0.1, 0.15) is 0 Å².